The van der Waals surface area contributed by atoms with Crippen LogP contribution in [0.15, 0.2) is 18.2 Å². The molecule has 0 aromatic heterocycles. The van der Waals surface area contributed by atoms with Crippen molar-refractivity contribution < 1.29 is 4.79 Å². The van der Waals surface area contributed by atoms with E-state index in [0.29, 0.717) is 12.6 Å². The average molecular weight is 243 g/mol. The molecule has 2 fully saturated rings. The van der Waals surface area contributed by atoms with Crippen molar-refractivity contribution in [2.45, 2.75) is 39.2 Å². The molecule has 1 heterocycles. The van der Waals surface area contributed by atoms with Crippen molar-refractivity contribution in [3.05, 3.63) is 34.9 Å². The van der Waals surface area contributed by atoms with E-state index < -0.39 is 0 Å². The third kappa shape index (κ3) is 2.10. The summed E-state index contributed by atoms with van der Waals surface area (Å²) in [5.41, 5.74) is 3.34. The number of piperidine rings is 1. The summed E-state index contributed by atoms with van der Waals surface area (Å²) in [5.74, 6) is 1.15. The molecule has 1 aromatic rings. The van der Waals surface area contributed by atoms with Crippen LogP contribution in [-0.2, 0) is 0 Å². The van der Waals surface area contributed by atoms with Crippen molar-refractivity contribution in [3.63, 3.8) is 0 Å². The van der Waals surface area contributed by atoms with Gasteiger partial charge in [0.25, 0.3) is 0 Å². The lowest BCUT2D eigenvalue weighted by atomic mass is 10.0. The normalized spacial score (nSPS) is 26.8. The number of rotatable bonds is 3. The fourth-order valence-corrected chi connectivity index (χ4v) is 3.41. The second-order valence-corrected chi connectivity index (χ2v) is 5.98. The van der Waals surface area contributed by atoms with E-state index in [1.807, 2.05) is 12.1 Å². The number of carbonyl (C=O) groups excluding carboxylic acids is 1. The topological polar surface area (TPSA) is 20.3 Å². The fourth-order valence-electron chi connectivity index (χ4n) is 3.41. The van der Waals surface area contributed by atoms with Gasteiger partial charge in [0.15, 0.2) is 5.78 Å². The summed E-state index contributed by atoms with van der Waals surface area (Å²) >= 11 is 0. The predicted octanol–water partition coefficient (Wildman–Crippen LogP) is 2.97. The maximum absolute atomic E-state index is 12.3. The zero-order valence-corrected chi connectivity index (χ0v) is 11.3. The zero-order valence-electron chi connectivity index (χ0n) is 11.3. The van der Waals surface area contributed by atoms with Gasteiger partial charge in [-0.2, -0.15) is 0 Å². The summed E-state index contributed by atoms with van der Waals surface area (Å²) in [7, 11) is 0. The molecule has 1 aliphatic heterocycles. The van der Waals surface area contributed by atoms with Gasteiger partial charge in [-0.3, -0.25) is 9.69 Å². The number of benzene rings is 1. The maximum Gasteiger partial charge on any atom is 0.176 e. The van der Waals surface area contributed by atoms with Crippen LogP contribution in [0.25, 0.3) is 0 Å². The molecule has 2 atom stereocenters. The molecule has 0 N–H and O–H groups in total. The number of aryl methyl sites for hydroxylation is 2. The molecule has 1 saturated heterocycles. The zero-order chi connectivity index (χ0) is 12.7. The number of fused-ring (bicyclic) bond motifs is 2. The molecule has 1 saturated carbocycles. The lowest BCUT2D eigenvalue weighted by molar-refractivity contribution is 0.0905. The van der Waals surface area contributed by atoms with Gasteiger partial charge in [-0.25, -0.2) is 0 Å². The van der Waals surface area contributed by atoms with E-state index in [1.54, 1.807) is 0 Å². The summed E-state index contributed by atoms with van der Waals surface area (Å²) in [5, 5.41) is 0. The first-order valence-electron chi connectivity index (χ1n) is 6.98. The molecule has 3 rings (SSSR count). The van der Waals surface area contributed by atoms with Crippen LogP contribution in [0.5, 0.6) is 0 Å². The highest BCUT2D eigenvalue weighted by atomic mass is 16.1. The van der Waals surface area contributed by atoms with E-state index in [9.17, 15) is 4.79 Å². The number of likely N-dealkylation sites (tertiary alicyclic amines) is 1. The molecule has 0 radical (unpaired) electrons. The van der Waals surface area contributed by atoms with Crippen molar-refractivity contribution >= 4 is 5.78 Å². The third-order valence-electron chi connectivity index (χ3n) is 4.70. The maximum atomic E-state index is 12.3. The number of ketones is 1. The molecule has 2 unspecified atom stereocenters. The van der Waals surface area contributed by atoms with Crippen LogP contribution in [0.3, 0.4) is 0 Å². The molecule has 2 nitrogen and oxygen atoms in total. The molecular formula is C16H21NO. The number of nitrogens with zero attached hydrogens (tertiary/aromatic N) is 1. The lowest BCUT2D eigenvalue weighted by Crippen LogP contribution is -2.36. The second-order valence-electron chi connectivity index (χ2n) is 5.98. The molecule has 18 heavy (non-hydrogen) atoms. The SMILES string of the molecule is Cc1ccc(C(=O)CN2CC3CCC2C3)cc1C. The van der Waals surface area contributed by atoms with Crippen LogP contribution in [0.4, 0.5) is 0 Å². The Kier molecular flexibility index (Phi) is 2.98. The van der Waals surface area contributed by atoms with Gasteiger partial charge in [0.05, 0.1) is 6.54 Å². The van der Waals surface area contributed by atoms with E-state index in [0.717, 1.165) is 18.0 Å². The number of hydrogen-bond acceptors (Lipinski definition) is 2. The van der Waals surface area contributed by atoms with Gasteiger partial charge in [-0.1, -0.05) is 12.1 Å². The van der Waals surface area contributed by atoms with Crippen LogP contribution in [-0.4, -0.2) is 29.8 Å². The Hall–Kier alpha value is -1.15. The van der Waals surface area contributed by atoms with Crippen molar-refractivity contribution in [2.75, 3.05) is 13.1 Å². The van der Waals surface area contributed by atoms with Gasteiger partial charge in [0.1, 0.15) is 0 Å². The smallest absolute Gasteiger partial charge is 0.176 e. The van der Waals surface area contributed by atoms with E-state index >= 15 is 0 Å². The molecule has 96 valence electrons. The predicted molar refractivity (Wildman–Crippen MR) is 72.9 cm³/mol. The number of carbonyl (C=O) groups is 1. The van der Waals surface area contributed by atoms with Gasteiger partial charge < -0.3 is 0 Å². The average Bonchev–Trinajstić information content (AvgIpc) is 2.94. The molecule has 1 aliphatic carbocycles. The van der Waals surface area contributed by atoms with Crippen LogP contribution in [0, 0.1) is 19.8 Å². The van der Waals surface area contributed by atoms with Crippen molar-refractivity contribution in [1.82, 2.24) is 4.90 Å². The summed E-state index contributed by atoms with van der Waals surface area (Å²) in [6.45, 7) is 5.91. The Morgan fingerprint density at radius 1 is 1.28 bits per heavy atom. The molecular weight excluding hydrogens is 222 g/mol. The van der Waals surface area contributed by atoms with Gasteiger partial charge in [-0.05, 0) is 56.2 Å². The van der Waals surface area contributed by atoms with Gasteiger partial charge in [0, 0.05) is 18.2 Å². The van der Waals surface area contributed by atoms with Crippen LogP contribution in [0.2, 0.25) is 0 Å². The Bertz CT molecular complexity index is 480. The monoisotopic (exact) mass is 243 g/mol. The third-order valence-corrected chi connectivity index (χ3v) is 4.70. The van der Waals surface area contributed by atoms with Crippen molar-refractivity contribution in [1.29, 1.82) is 0 Å². The Balaban J connectivity index is 1.69. The minimum atomic E-state index is 0.283. The van der Waals surface area contributed by atoms with Crippen LogP contribution < -0.4 is 0 Å². The first-order valence-corrected chi connectivity index (χ1v) is 6.98. The standard InChI is InChI=1S/C16H21NO/c1-11-3-5-14(7-12(11)2)16(18)10-17-9-13-4-6-15(17)8-13/h3,5,7,13,15H,4,6,8-10H2,1-2H3. The highest BCUT2D eigenvalue weighted by Crippen LogP contribution is 2.37. The minimum Gasteiger partial charge on any atom is -0.293 e. The first kappa shape index (κ1) is 11.9. The molecule has 1 aromatic carbocycles. The minimum absolute atomic E-state index is 0.283. The highest BCUT2D eigenvalue weighted by Gasteiger charge is 2.38. The quantitative estimate of drug-likeness (QED) is 0.761. The van der Waals surface area contributed by atoms with Gasteiger partial charge in [-0.15, -0.1) is 0 Å². The van der Waals surface area contributed by atoms with Crippen LogP contribution in [0.1, 0.15) is 40.7 Å². The summed E-state index contributed by atoms with van der Waals surface area (Å²) in [6, 6.07) is 6.74. The Morgan fingerprint density at radius 3 is 2.72 bits per heavy atom. The summed E-state index contributed by atoms with van der Waals surface area (Å²) in [4.78, 5) is 14.7. The van der Waals surface area contributed by atoms with Crippen molar-refractivity contribution in [2.24, 2.45) is 5.92 Å². The number of hydrogen-bond donors (Lipinski definition) is 0. The molecule has 2 heteroatoms. The molecule has 0 spiro atoms. The van der Waals surface area contributed by atoms with Gasteiger partial charge in [0.2, 0.25) is 0 Å². The van der Waals surface area contributed by atoms with Gasteiger partial charge >= 0.3 is 0 Å². The molecule has 2 aliphatic rings. The lowest BCUT2D eigenvalue weighted by Gasteiger charge is -2.25. The second kappa shape index (κ2) is 4.51. The molecule has 0 amide bonds. The highest BCUT2D eigenvalue weighted by molar-refractivity contribution is 5.97. The first-order chi connectivity index (χ1) is 8.63. The van der Waals surface area contributed by atoms with E-state index in [4.69, 9.17) is 0 Å². The Morgan fingerprint density at radius 2 is 2.11 bits per heavy atom. The summed E-state index contributed by atoms with van der Waals surface area (Å²) in [6.07, 6.45) is 3.99. The number of Topliss-reactive ketones (excluding diaryl/α,β-unsaturated/α-hetero) is 1. The summed E-state index contributed by atoms with van der Waals surface area (Å²) < 4.78 is 0. The largest absolute Gasteiger partial charge is 0.293 e. The van der Waals surface area contributed by atoms with Crippen LogP contribution >= 0.6 is 0 Å². The Labute approximate surface area is 109 Å². The van der Waals surface area contributed by atoms with E-state index in [-0.39, 0.29) is 5.78 Å². The van der Waals surface area contributed by atoms with E-state index in [1.165, 1.54) is 30.4 Å². The van der Waals surface area contributed by atoms with Crippen molar-refractivity contribution in [3.8, 4) is 0 Å². The van der Waals surface area contributed by atoms with E-state index in [2.05, 4.69) is 24.8 Å². The fraction of sp³-hybridized carbons (Fsp3) is 0.562. The molecule has 2 bridgehead atoms.